The molecule has 0 aliphatic rings. The first-order chi connectivity index (χ1) is 14.9. The van der Waals surface area contributed by atoms with Crippen LogP contribution < -0.4 is 9.47 Å². The van der Waals surface area contributed by atoms with Crippen LogP contribution in [-0.2, 0) is 16.1 Å². The zero-order valence-corrected chi connectivity index (χ0v) is 18.2. The lowest BCUT2D eigenvalue weighted by Gasteiger charge is -2.13. The Labute approximate surface area is 182 Å². The van der Waals surface area contributed by atoms with E-state index in [1.54, 1.807) is 25.3 Å². The number of esters is 1. The molecular weight excluding hydrogens is 392 g/mol. The van der Waals surface area contributed by atoms with Gasteiger partial charge in [0, 0.05) is 17.8 Å². The van der Waals surface area contributed by atoms with Crippen LogP contribution in [0.25, 0.3) is 6.08 Å². The van der Waals surface area contributed by atoms with Crippen LogP contribution in [-0.4, -0.2) is 22.5 Å². The summed E-state index contributed by atoms with van der Waals surface area (Å²) >= 11 is 0. The maximum absolute atomic E-state index is 11.5. The first-order valence-corrected chi connectivity index (χ1v) is 10.1. The van der Waals surface area contributed by atoms with Crippen molar-refractivity contribution in [3.8, 4) is 17.4 Å². The molecule has 6 nitrogen and oxygen atoms in total. The molecule has 0 amide bonds. The van der Waals surface area contributed by atoms with E-state index in [0.29, 0.717) is 24.8 Å². The molecule has 3 rings (SSSR count). The van der Waals surface area contributed by atoms with Gasteiger partial charge in [-0.25, -0.2) is 9.78 Å². The summed E-state index contributed by atoms with van der Waals surface area (Å²) in [6, 6.07) is 13.3. The average Bonchev–Trinajstić information content (AvgIpc) is 2.74. The molecule has 1 aromatic carbocycles. The minimum atomic E-state index is -0.358. The number of nitrogens with zero attached hydrogens (tertiary/aromatic N) is 2. The fourth-order valence-electron chi connectivity index (χ4n) is 3.05. The second-order valence-corrected chi connectivity index (χ2v) is 7.06. The van der Waals surface area contributed by atoms with Crippen molar-refractivity contribution in [1.29, 1.82) is 0 Å². The molecule has 160 valence electrons. The van der Waals surface area contributed by atoms with Crippen molar-refractivity contribution in [3.05, 3.63) is 82.8 Å². The van der Waals surface area contributed by atoms with Gasteiger partial charge in [-0.3, -0.25) is 4.98 Å². The number of hydrogen-bond donors (Lipinski definition) is 0. The van der Waals surface area contributed by atoms with E-state index in [-0.39, 0.29) is 5.97 Å². The summed E-state index contributed by atoms with van der Waals surface area (Å²) in [5.74, 6) is 1.49. The lowest BCUT2D eigenvalue weighted by atomic mass is 10.1. The van der Waals surface area contributed by atoms with Gasteiger partial charge in [-0.05, 0) is 80.8 Å². The SMILES string of the molecule is CCOC(=O)C=Cc1cc(C)c(Oc2ccc(OCc3cccc(C)n3)cn2)c(C)c1. The Morgan fingerprint density at radius 3 is 2.48 bits per heavy atom. The maximum atomic E-state index is 11.5. The van der Waals surface area contributed by atoms with E-state index in [4.69, 9.17) is 14.2 Å². The maximum Gasteiger partial charge on any atom is 0.330 e. The fourth-order valence-corrected chi connectivity index (χ4v) is 3.05. The van der Waals surface area contributed by atoms with Gasteiger partial charge in [0.1, 0.15) is 18.1 Å². The van der Waals surface area contributed by atoms with Crippen LogP contribution in [0.1, 0.15) is 35.0 Å². The van der Waals surface area contributed by atoms with Crippen LogP contribution in [0.5, 0.6) is 17.4 Å². The van der Waals surface area contributed by atoms with Crippen LogP contribution in [0, 0.1) is 20.8 Å². The Kier molecular flexibility index (Phi) is 7.38. The van der Waals surface area contributed by atoms with E-state index in [1.165, 1.54) is 6.08 Å². The molecule has 31 heavy (non-hydrogen) atoms. The van der Waals surface area contributed by atoms with Gasteiger partial charge in [0.25, 0.3) is 0 Å². The summed E-state index contributed by atoms with van der Waals surface area (Å²) in [6.07, 6.45) is 4.78. The molecule has 0 spiro atoms. The van der Waals surface area contributed by atoms with E-state index in [1.807, 2.05) is 57.2 Å². The first-order valence-electron chi connectivity index (χ1n) is 10.1. The van der Waals surface area contributed by atoms with Crippen molar-refractivity contribution < 1.29 is 19.0 Å². The van der Waals surface area contributed by atoms with Crippen molar-refractivity contribution in [1.82, 2.24) is 9.97 Å². The minimum Gasteiger partial charge on any atom is -0.486 e. The highest BCUT2D eigenvalue weighted by molar-refractivity contribution is 5.87. The second kappa shape index (κ2) is 10.4. The zero-order chi connectivity index (χ0) is 22.2. The van der Waals surface area contributed by atoms with Gasteiger partial charge in [-0.15, -0.1) is 0 Å². The van der Waals surface area contributed by atoms with Gasteiger partial charge >= 0.3 is 5.97 Å². The molecule has 2 heterocycles. The Hall–Kier alpha value is -3.67. The minimum absolute atomic E-state index is 0.355. The molecule has 3 aromatic rings. The Morgan fingerprint density at radius 2 is 1.84 bits per heavy atom. The van der Waals surface area contributed by atoms with E-state index >= 15 is 0 Å². The topological polar surface area (TPSA) is 70.5 Å². The third-order valence-corrected chi connectivity index (χ3v) is 4.43. The number of rotatable bonds is 8. The molecule has 0 N–H and O–H groups in total. The monoisotopic (exact) mass is 418 g/mol. The number of benzene rings is 1. The molecular formula is C25H26N2O4. The molecule has 0 fully saturated rings. The average molecular weight is 418 g/mol. The molecule has 0 aliphatic heterocycles. The predicted octanol–water partition coefficient (Wildman–Crippen LogP) is 5.35. The molecule has 0 saturated carbocycles. The predicted molar refractivity (Wildman–Crippen MR) is 119 cm³/mol. The summed E-state index contributed by atoms with van der Waals surface area (Å²) in [6.45, 7) is 8.37. The quantitative estimate of drug-likeness (QED) is 0.363. The Balaban J connectivity index is 1.64. The van der Waals surface area contributed by atoms with Crippen LogP contribution in [0.15, 0.2) is 54.7 Å². The van der Waals surface area contributed by atoms with Crippen molar-refractivity contribution in [2.24, 2.45) is 0 Å². The van der Waals surface area contributed by atoms with Crippen LogP contribution in [0.3, 0.4) is 0 Å². The highest BCUT2D eigenvalue weighted by atomic mass is 16.5. The molecule has 0 atom stereocenters. The Morgan fingerprint density at radius 1 is 1.06 bits per heavy atom. The number of aromatic nitrogens is 2. The van der Waals surface area contributed by atoms with Crippen molar-refractivity contribution in [3.63, 3.8) is 0 Å². The lowest BCUT2D eigenvalue weighted by Crippen LogP contribution is -2.00. The van der Waals surface area contributed by atoms with E-state index in [0.717, 1.165) is 33.8 Å². The second-order valence-electron chi connectivity index (χ2n) is 7.06. The van der Waals surface area contributed by atoms with E-state index in [2.05, 4.69) is 9.97 Å². The van der Waals surface area contributed by atoms with Gasteiger partial charge in [-0.1, -0.05) is 6.07 Å². The molecule has 0 aliphatic carbocycles. The normalized spacial score (nSPS) is 10.8. The summed E-state index contributed by atoms with van der Waals surface area (Å²) < 4.78 is 16.7. The van der Waals surface area contributed by atoms with E-state index in [9.17, 15) is 4.79 Å². The van der Waals surface area contributed by atoms with Gasteiger partial charge in [0.05, 0.1) is 18.5 Å². The molecule has 0 unspecified atom stereocenters. The lowest BCUT2D eigenvalue weighted by molar-refractivity contribution is -0.137. The number of aryl methyl sites for hydroxylation is 3. The number of ether oxygens (including phenoxy) is 3. The Bertz CT molecular complexity index is 1050. The van der Waals surface area contributed by atoms with Crippen molar-refractivity contribution >= 4 is 12.0 Å². The number of carbonyl (C=O) groups excluding carboxylic acids is 1. The van der Waals surface area contributed by atoms with Crippen molar-refractivity contribution in [2.45, 2.75) is 34.3 Å². The highest BCUT2D eigenvalue weighted by Crippen LogP contribution is 2.30. The number of hydrogen-bond acceptors (Lipinski definition) is 6. The summed E-state index contributed by atoms with van der Waals surface area (Å²) in [5.41, 5.74) is 4.60. The standard InChI is InChI=1S/C25H26N2O4/c1-5-29-24(28)12-9-20-13-17(2)25(18(3)14-20)31-23-11-10-22(15-26-23)30-16-21-8-6-7-19(4)27-21/h6-15H,5,16H2,1-4H3. The number of pyridine rings is 2. The third kappa shape index (κ3) is 6.40. The largest absolute Gasteiger partial charge is 0.486 e. The highest BCUT2D eigenvalue weighted by Gasteiger charge is 2.09. The van der Waals surface area contributed by atoms with Crippen LogP contribution >= 0.6 is 0 Å². The summed E-state index contributed by atoms with van der Waals surface area (Å²) in [7, 11) is 0. The molecule has 0 saturated heterocycles. The fraction of sp³-hybridized carbons (Fsp3) is 0.240. The van der Waals surface area contributed by atoms with Gasteiger partial charge in [0.2, 0.25) is 5.88 Å². The molecule has 0 radical (unpaired) electrons. The zero-order valence-electron chi connectivity index (χ0n) is 18.2. The van der Waals surface area contributed by atoms with Gasteiger partial charge < -0.3 is 14.2 Å². The van der Waals surface area contributed by atoms with E-state index < -0.39 is 0 Å². The van der Waals surface area contributed by atoms with Crippen LogP contribution in [0.2, 0.25) is 0 Å². The summed E-state index contributed by atoms with van der Waals surface area (Å²) in [4.78, 5) is 20.3. The summed E-state index contributed by atoms with van der Waals surface area (Å²) in [5, 5.41) is 0. The first kappa shape index (κ1) is 22.0. The van der Waals surface area contributed by atoms with Crippen LogP contribution in [0.4, 0.5) is 0 Å². The molecule has 2 aromatic heterocycles. The van der Waals surface area contributed by atoms with Gasteiger partial charge in [0.15, 0.2) is 0 Å². The smallest absolute Gasteiger partial charge is 0.330 e. The molecule has 0 bridgehead atoms. The van der Waals surface area contributed by atoms with Gasteiger partial charge in [-0.2, -0.15) is 0 Å². The molecule has 6 heteroatoms. The number of carbonyl (C=O) groups is 1. The third-order valence-electron chi connectivity index (χ3n) is 4.43. The van der Waals surface area contributed by atoms with Crippen molar-refractivity contribution in [2.75, 3.05) is 6.61 Å².